The van der Waals surface area contributed by atoms with Crippen molar-refractivity contribution >= 4 is 23.5 Å². The highest BCUT2D eigenvalue weighted by molar-refractivity contribution is 7.98. The number of hydrogen-bond donors (Lipinski definition) is 3. The lowest BCUT2D eigenvalue weighted by Crippen LogP contribution is -2.18. The van der Waals surface area contributed by atoms with Crippen molar-refractivity contribution < 1.29 is 24.5 Å². The molecule has 140 valence electrons. The molecule has 0 radical (unpaired) electrons. The van der Waals surface area contributed by atoms with E-state index in [9.17, 15) is 9.90 Å². The van der Waals surface area contributed by atoms with Crippen molar-refractivity contribution in [2.75, 3.05) is 25.3 Å². The van der Waals surface area contributed by atoms with Crippen molar-refractivity contribution in [3.63, 3.8) is 0 Å². The molecule has 2 aromatic rings. The van der Waals surface area contributed by atoms with E-state index in [0.717, 1.165) is 4.90 Å². The van der Waals surface area contributed by atoms with Crippen LogP contribution >= 0.6 is 11.8 Å². The second-order valence-corrected chi connectivity index (χ2v) is 6.42. The summed E-state index contributed by atoms with van der Waals surface area (Å²) >= 11 is 1.62. The number of anilines is 1. The summed E-state index contributed by atoms with van der Waals surface area (Å²) in [4.78, 5) is 13.3. The monoisotopic (exact) mass is 377 g/mol. The fourth-order valence-electron chi connectivity index (χ4n) is 2.43. The van der Waals surface area contributed by atoms with Crippen LogP contribution in [0.1, 0.15) is 24.5 Å². The maximum atomic E-state index is 12.2. The molecule has 0 spiro atoms. The Bertz CT molecular complexity index is 720. The molecule has 0 heterocycles. The van der Waals surface area contributed by atoms with E-state index in [1.807, 2.05) is 18.4 Å². The summed E-state index contributed by atoms with van der Waals surface area (Å²) in [6.45, 7) is -0.0141. The van der Waals surface area contributed by atoms with Gasteiger partial charge in [0.2, 0.25) is 0 Å². The van der Waals surface area contributed by atoms with Crippen LogP contribution in [0.25, 0.3) is 0 Å². The standard InChI is InChI=1S/C19H23NO5S/c1-24-18-10-5-13(12-16(18)22)17(4-3-11-21)25-19(23)20-14-6-8-15(26-2)9-7-14/h5-10,12,17,21-22H,3-4,11H2,1-2H3,(H,20,23)/t17-/m1/s1. The van der Waals surface area contributed by atoms with Crippen molar-refractivity contribution in [3.8, 4) is 11.5 Å². The van der Waals surface area contributed by atoms with Crippen LogP contribution < -0.4 is 10.1 Å². The lowest BCUT2D eigenvalue weighted by atomic mass is 10.0. The first-order chi connectivity index (χ1) is 12.6. The number of methoxy groups -OCH3 is 1. The normalized spacial score (nSPS) is 11.7. The molecule has 3 N–H and O–H groups in total. The second-order valence-electron chi connectivity index (χ2n) is 5.54. The van der Waals surface area contributed by atoms with E-state index in [4.69, 9.17) is 14.6 Å². The SMILES string of the molecule is COc1ccc([C@@H](CCCO)OC(=O)Nc2ccc(SC)cc2)cc1O. The van der Waals surface area contributed by atoms with Gasteiger partial charge < -0.3 is 19.7 Å². The zero-order valence-corrected chi connectivity index (χ0v) is 15.6. The number of rotatable bonds is 8. The second kappa shape index (κ2) is 9.94. The minimum Gasteiger partial charge on any atom is -0.504 e. The van der Waals surface area contributed by atoms with Crippen LogP contribution in [-0.2, 0) is 4.74 Å². The van der Waals surface area contributed by atoms with Gasteiger partial charge in [-0.05, 0) is 61.1 Å². The van der Waals surface area contributed by atoms with E-state index in [-0.39, 0.29) is 12.4 Å². The number of phenolic OH excluding ortho intramolecular Hbond substituents is 1. The van der Waals surface area contributed by atoms with Gasteiger partial charge in [-0.2, -0.15) is 0 Å². The van der Waals surface area contributed by atoms with Gasteiger partial charge in [0.1, 0.15) is 6.10 Å². The zero-order chi connectivity index (χ0) is 18.9. The van der Waals surface area contributed by atoms with E-state index >= 15 is 0 Å². The number of benzene rings is 2. The van der Waals surface area contributed by atoms with Gasteiger partial charge in [0, 0.05) is 17.2 Å². The molecule has 0 bridgehead atoms. The molecule has 0 aromatic heterocycles. The van der Waals surface area contributed by atoms with E-state index in [0.29, 0.717) is 29.8 Å². The molecule has 0 aliphatic carbocycles. The summed E-state index contributed by atoms with van der Waals surface area (Å²) in [7, 11) is 1.46. The van der Waals surface area contributed by atoms with E-state index in [2.05, 4.69) is 5.32 Å². The van der Waals surface area contributed by atoms with Crippen LogP contribution in [0.3, 0.4) is 0 Å². The Labute approximate surface area is 157 Å². The predicted molar refractivity (Wildman–Crippen MR) is 102 cm³/mol. The molecule has 2 aromatic carbocycles. The molecule has 6 nitrogen and oxygen atoms in total. The van der Waals surface area contributed by atoms with E-state index in [1.165, 1.54) is 13.2 Å². The molecule has 0 saturated carbocycles. The number of aliphatic hydroxyl groups is 1. The number of carbonyl (C=O) groups excluding carboxylic acids is 1. The van der Waals surface area contributed by atoms with Crippen LogP contribution in [0, 0.1) is 0 Å². The van der Waals surface area contributed by atoms with Crippen LogP contribution in [0.4, 0.5) is 10.5 Å². The number of hydrogen-bond acceptors (Lipinski definition) is 6. The van der Waals surface area contributed by atoms with Crippen molar-refractivity contribution in [2.45, 2.75) is 23.8 Å². The maximum absolute atomic E-state index is 12.2. The van der Waals surface area contributed by atoms with Gasteiger partial charge in [0.25, 0.3) is 0 Å². The van der Waals surface area contributed by atoms with Gasteiger partial charge in [0.15, 0.2) is 11.5 Å². The quantitative estimate of drug-likeness (QED) is 0.598. The van der Waals surface area contributed by atoms with E-state index < -0.39 is 12.2 Å². The fourth-order valence-corrected chi connectivity index (χ4v) is 2.84. The third kappa shape index (κ3) is 5.57. The largest absolute Gasteiger partial charge is 0.504 e. The third-order valence-electron chi connectivity index (χ3n) is 3.78. The lowest BCUT2D eigenvalue weighted by molar-refractivity contribution is 0.0993. The molecule has 0 aliphatic rings. The minimum absolute atomic E-state index is 0.0141. The van der Waals surface area contributed by atoms with E-state index in [1.54, 1.807) is 36.0 Å². The molecule has 26 heavy (non-hydrogen) atoms. The average Bonchev–Trinajstić information content (AvgIpc) is 2.65. The van der Waals surface area contributed by atoms with Crippen LogP contribution in [0.2, 0.25) is 0 Å². The van der Waals surface area contributed by atoms with Gasteiger partial charge >= 0.3 is 6.09 Å². The van der Waals surface area contributed by atoms with Crippen LogP contribution in [0.5, 0.6) is 11.5 Å². The number of aliphatic hydroxyl groups excluding tert-OH is 1. The Hall–Kier alpha value is -2.38. The summed E-state index contributed by atoms with van der Waals surface area (Å²) in [5.74, 6) is 0.309. The highest BCUT2D eigenvalue weighted by Crippen LogP contribution is 2.32. The summed E-state index contributed by atoms with van der Waals surface area (Å²) < 4.78 is 10.5. The van der Waals surface area contributed by atoms with Gasteiger partial charge in [-0.1, -0.05) is 6.07 Å². The molecule has 1 amide bonds. The molecule has 1 atom stereocenters. The highest BCUT2D eigenvalue weighted by atomic mass is 32.2. The molecule has 2 rings (SSSR count). The maximum Gasteiger partial charge on any atom is 0.412 e. The van der Waals surface area contributed by atoms with Crippen molar-refractivity contribution in [2.24, 2.45) is 0 Å². The van der Waals surface area contributed by atoms with Gasteiger partial charge in [-0.25, -0.2) is 4.79 Å². The molecule has 7 heteroatoms. The topological polar surface area (TPSA) is 88.0 Å². The smallest absolute Gasteiger partial charge is 0.412 e. The van der Waals surface area contributed by atoms with Crippen LogP contribution in [0.15, 0.2) is 47.4 Å². The third-order valence-corrected chi connectivity index (χ3v) is 4.53. The first-order valence-electron chi connectivity index (χ1n) is 8.16. The first kappa shape index (κ1) is 19.9. The van der Waals surface area contributed by atoms with Gasteiger partial charge in [0.05, 0.1) is 7.11 Å². The molecular formula is C19H23NO5S. The summed E-state index contributed by atoms with van der Waals surface area (Å²) in [5, 5.41) is 21.7. The summed E-state index contributed by atoms with van der Waals surface area (Å²) in [6.07, 6.45) is 1.69. The molecule has 0 fully saturated rings. The average molecular weight is 377 g/mol. The number of thioether (sulfide) groups is 1. The lowest BCUT2D eigenvalue weighted by Gasteiger charge is -2.19. The Morgan fingerprint density at radius 2 is 1.96 bits per heavy atom. The minimum atomic E-state index is -0.597. The Morgan fingerprint density at radius 1 is 1.23 bits per heavy atom. The Kier molecular flexibility index (Phi) is 7.62. The first-order valence-corrected chi connectivity index (χ1v) is 9.39. The number of nitrogens with one attached hydrogen (secondary N) is 1. The Balaban J connectivity index is 2.08. The zero-order valence-electron chi connectivity index (χ0n) is 14.8. The van der Waals surface area contributed by atoms with Crippen molar-refractivity contribution in [1.29, 1.82) is 0 Å². The number of amides is 1. The van der Waals surface area contributed by atoms with Gasteiger partial charge in [-0.3, -0.25) is 5.32 Å². The molecular weight excluding hydrogens is 354 g/mol. The molecule has 0 aliphatic heterocycles. The fraction of sp³-hybridized carbons (Fsp3) is 0.316. The highest BCUT2D eigenvalue weighted by Gasteiger charge is 2.18. The number of phenols is 1. The van der Waals surface area contributed by atoms with Crippen LogP contribution in [-0.4, -0.2) is 36.3 Å². The predicted octanol–water partition coefficient (Wildman–Crippen LogP) is 4.19. The summed E-state index contributed by atoms with van der Waals surface area (Å²) in [6, 6.07) is 12.3. The Morgan fingerprint density at radius 3 is 2.54 bits per heavy atom. The number of ether oxygens (including phenoxy) is 2. The van der Waals surface area contributed by atoms with Crippen molar-refractivity contribution in [3.05, 3.63) is 48.0 Å². The number of aromatic hydroxyl groups is 1. The number of carbonyl (C=O) groups is 1. The molecule has 0 saturated heterocycles. The van der Waals surface area contributed by atoms with Crippen molar-refractivity contribution in [1.82, 2.24) is 0 Å². The van der Waals surface area contributed by atoms with Gasteiger partial charge in [-0.15, -0.1) is 11.8 Å². The molecule has 0 unspecified atom stereocenters. The summed E-state index contributed by atoms with van der Waals surface area (Å²) in [5.41, 5.74) is 1.26.